The van der Waals surface area contributed by atoms with Crippen LogP contribution in [0.1, 0.15) is 18.7 Å². The largest absolute Gasteiger partial charge is 0.619 e. The number of aromatic nitrogens is 4. The molecule has 11 nitrogen and oxygen atoms in total. The van der Waals surface area contributed by atoms with Crippen LogP contribution in [0.15, 0.2) is 30.7 Å². The molecule has 0 atom stereocenters. The normalized spacial score (nSPS) is 18.0. The van der Waals surface area contributed by atoms with E-state index in [9.17, 15) is 10.0 Å². The van der Waals surface area contributed by atoms with Crippen molar-refractivity contribution in [1.82, 2.24) is 24.8 Å². The smallest absolute Gasteiger partial charge is 0.237 e. The maximum atomic E-state index is 12.4. The molecule has 38 heavy (non-hydrogen) atoms. The quantitative estimate of drug-likeness (QED) is 0.281. The standard InChI is InChI=1S/C26H32N8O3S/c1-26(2,25(27)35)33-7-5-31(6-8-33)14-17-13-20-22(38-17)24(32-9-11-37-12-10-32)30-23(29-20)19-15-34(36)16-21-18(19)3-4-28-21/h3-4,13,15-16,28H,5-12,14H2,1-2H3,(H2,27,35). The zero-order chi connectivity index (χ0) is 26.4. The van der Waals surface area contributed by atoms with Crippen molar-refractivity contribution in [2.24, 2.45) is 5.73 Å². The fourth-order valence-electron chi connectivity index (χ4n) is 5.26. The number of anilines is 1. The fourth-order valence-corrected chi connectivity index (χ4v) is 6.41. The number of carbonyl (C=O) groups excluding carboxylic acids is 1. The minimum atomic E-state index is -0.646. The monoisotopic (exact) mass is 536 g/mol. The van der Waals surface area contributed by atoms with Crippen LogP contribution >= 0.6 is 11.3 Å². The van der Waals surface area contributed by atoms with Crippen molar-refractivity contribution in [3.8, 4) is 11.4 Å². The molecule has 200 valence electrons. The number of nitrogens with two attached hydrogens (primary N) is 1. The molecule has 1 amide bonds. The number of fused-ring (bicyclic) bond motifs is 2. The highest BCUT2D eigenvalue weighted by atomic mass is 32.1. The van der Waals surface area contributed by atoms with Crippen molar-refractivity contribution < 1.29 is 14.3 Å². The van der Waals surface area contributed by atoms with E-state index in [1.165, 1.54) is 11.1 Å². The van der Waals surface area contributed by atoms with Crippen LogP contribution in [-0.2, 0) is 16.1 Å². The van der Waals surface area contributed by atoms with Crippen molar-refractivity contribution in [3.05, 3.63) is 40.8 Å². The molecule has 6 rings (SSSR count). The zero-order valence-corrected chi connectivity index (χ0v) is 22.5. The molecule has 0 saturated carbocycles. The molecule has 0 aliphatic carbocycles. The molecule has 0 radical (unpaired) electrons. The first-order valence-corrected chi connectivity index (χ1v) is 13.7. The Labute approximate surface area is 224 Å². The molecule has 4 aromatic rings. The van der Waals surface area contributed by atoms with E-state index in [0.29, 0.717) is 24.6 Å². The van der Waals surface area contributed by atoms with Gasteiger partial charge >= 0.3 is 0 Å². The Morgan fingerprint density at radius 1 is 1.18 bits per heavy atom. The van der Waals surface area contributed by atoms with E-state index < -0.39 is 5.54 Å². The summed E-state index contributed by atoms with van der Waals surface area (Å²) in [7, 11) is 0. The number of rotatable bonds is 6. The van der Waals surface area contributed by atoms with Gasteiger partial charge in [-0.1, -0.05) is 0 Å². The average Bonchev–Trinajstić information content (AvgIpc) is 3.54. The summed E-state index contributed by atoms with van der Waals surface area (Å²) in [6.45, 7) is 10.7. The number of nitrogens with one attached hydrogen (secondary N) is 1. The third-order valence-corrected chi connectivity index (χ3v) is 8.79. The number of morpholine rings is 1. The summed E-state index contributed by atoms with van der Waals surface area (Å²) in [5.74, 6) is 1.14. The number of hydrogen-bond donors (Lipinski definition) is 2. The fraction of sp³-hybridized carbons (Fsp3) is 0.462. The van der Waals surface area contributed by atoms with Gasteiger partial charge in [-0.3, -0.25) is 14.6 Å². The molecule has 0 unspecified atom stereocenters. The molecule has 6 heterocycles. The SMILES string of the molecule is CC(C)(C(N)=O)N1CCN(Cc2cc3nc(-c4c[n+]([O-])cc5[nH]ccc45)nc(N4CCOCC4)c3s2)CC1. The van der Waals surface area contributed by atoms with Gasteiger partial charge in [0.2, 0.25) is 12.1 Å². The van der Waals surface area contributed by atoms with Crippen molar-refractivity contribution in [1.29, 1.82) is 0 Å². The van der Waals surface area contributed by atoms with Crippen molar-refractivity contribution >= 4 is 44.2 Å². The molecule has 0 aromatic carbocycles. The predicted octanol–water partition coefficient (Wildman–Crippen LogP) is 1.69. The van der Waals surface area contributed by atoms with Crippen LogP contribution in [-0.4, -0.2) is 88.7 Å². The summed E-state index contributed by atoms with van der Waals surface area (Å²) < 4.78 is 7.45. The summed E-state index contributed by atoms with van der Waals surface area (Å²) in [5.41, 5.74) is 7.32. The van der Waals surface area contributed by atoms with E-state index in [1.54, 1.807) is 17.5 Å². The number of nitrogens with zero attached hydrogens (tertiary/aromatic N) is 6. The number of carbonyl (C=O) groups is 1. The number of ether oxygens (including phenoxy) is 1. The number of primary amides is 1. The van der Waals surface area contributed by atoms with E-state index in [2.05, 4.69) is 25.8 Å². The van der Waals surface area contributed by atoms with E-state index in [1.807, 2.05) is 26.1 Å². The summed E-state index contributed by atoms with van der Waals surface area (Å²) in [6.07, 6.45) is 4.89. The maximum Gasteiger partial charge on any atom is 0.237 e. The van der Waals surface area contributed by atoms with Crippen molar-refractivity contribution in [3.63, 3.8) is 0 Å². The molecule has 0 spiro atoms. The van der Waals surface area contributed by atoms with Gasteiger partial charge in [-0.25, -0.2) is 9.97 Å². The highest BCUT2D eigenvalue weighted by Crippen LogP contribution is 2.36. The molecular weight excluding hydrogens is 504 g/mol. The van der Waals surface area contributed by atoms with Crippen LogP contribution < -0.4 is 15.4 Å². The van der Waals surface area contributed by atoms with Gasteiger partial charge in [0.05, 0.1) is 34.5 Å². The summed E-state index contributed by atoms with van der Waals surface area (Å²) in [5, 5.41) is 13.3. The average molecular weight is 537 g/mol. The van der Waals surface area contributed by atoms with Gasteiger partial charge in [-0.05, 0) is 26.0 Å². The number of H-pyrrole nitrogens is 1. The van der Waals surface area contributed by atoms with Gasteiger partial charge in [-0.15, -0.1) is 11.3 Å². The number of hydrogen-bond acceptors (Lipinski definition) is 9. The first-order valence-electron chi connectivity index (χ1n) is 12.9. The van der Waals surface area contributed by atoms with E-state index in [0.717, 1.165) is 77.5 Å². The third kappa shape index (κ3) is 4.57. The molecule has 2 aliphatic rings. The number of pyridine rings is 1. The Kier molecular flexibility index (Phi) is 6.42. The minimum absolute atomic E-state index is 0.293. The Morgan fingerprint density at radius 2 is 1.95 bits per heavy atom. The molecule has 2 saturated heterocycles. The van der Waals surface area contributed by atoms with Gasteiger partial charge in [0.1, 0.15) is 5.52 Å². The molecule has 3 N–H and O–H groups in total. The number of aromatic amines is 1. The summed E-state index contributed by atoms with van der Waals surface area (Å²) in [6, 6.07) is 4.10. The van der Waals surface area contributed by atoms with Gasteiger partial charge in [0, 0.05) is 62.3 Å². The predicted molar refractivity (Wildman–Crippen MR) is 147 cm³/mol. The van der Waals surface area contributed by atoms with E-state index in [-0.39, 0.29) is 5.91 Å². The summed E-state index contributed by atoms with van der Waals surface area (Å²) >= 11 is 1.72. The second-order valence-corrected chi connectivity index (χ2v) is 11.6. The molecule has 12 heteroatoms. The third-order valence-electron chi connectivity index (χ3n) is 7.68. The van der Waals surface area contributed by atoms with Crippen molar-refractivity contribution in [2.45, 2.75) is 25.9 Å². The highest BCUT2D eigenvalue weighted by Gasteiger charge is 2.34. The van der Waals surface area contributed by atoms with Gasteiger partial charge < -0.3 is 25.6 Å². The van der Waals surface area contributed by atoms with Crippen molar-refractivity contribution in [2.75, 3.05) is 57.4 Å². The lowest BCUT2D eigenvalue weighted by Gasteiger charge is -2.42. The molecule has 2 fully saturated rings. The lowest BCUT2D eigenvalue weighted by Crippen LogP contribution is -2.59. The van der Waals surface area contributed by atoms with Crippen LogP contribution in [0.25, 0.3) is 32.5 Å². The number of amides is 1. The maximum absolute atomic E-state index is 12.4. The molecule has 4 aromatic heterocycles. The Hall–Kier alpha value is -3.32. The second-order valence-electron chi connectivity index (χ2n) is 10.4. The van der Waals surface area contributed by atoms with Crippen LogP contribution in [0.4, 0.5) is 5.82 Å². The second kappa shape index (κ2) is 9.77. The topological polar surface area (TPSA) is 131 Å². The Morgan fingerprint density at radius 3 is 2.68 bits per heavy atom. The lowest BCUT2D eigenvalue weighted by atomic mass is 10.0. The lowest BCUT2D eigenvalue weighted by molar-refractivity contribution is -0.603. The van der Waals surface area contributed by atoms with E-state index in [4.69, 9.17) is 20.4 Å². The van der Waals surface area contributed by atoms with Crippen LogP contribution in [0.3, 0.4) is 0 Å². The molecular formula is C26H32N8O3S. The number of thiophene rings is 1. The van der Waals surface area contributed by atoms with Crippen LogP contribution in [0.2, 0.25) is 0 Å². The minimum Gasteiger partial charge on any atom is -0.619 e. The molecule has 0 bridgehead atoms. The van der Waals surface area contributed by atoms with Gasteiger partial charge in [0.15, 0.2) is 17.8 Å². The Bertz CT molecular complexity index is 1480. The van der Waals surface area contributed by atoms with Gasteiger partial charge in [0.25, 0.3) is 0 Å². The Balaban J connectivity index is 1.33. The first-order chi connectivity index (χ1) is 18.3. The van der Waals surface area contributed by atoms with Crippen LogP contribution in [0, 0.1) is 5.21 Å². The van der Waals surface area contributed by atoms with Gasteiger partial charge in [-0.2, -0.15) is 4.73 Å². The van der Waals surface area contributed by atoms with Crippen LogP contribution in [0.5, 0.6) is 0 Å². The highest BCUT2D eigenvalue weighted by molar-refractivity contribution is 7.19. The zero-order valence-electron chi connectivity index (χ0n) is 21.6. The summed E-state index contributed by atoms with van der Waals surface area (Å²) in [4.78, 5) is 33.0. The first kappa shape index (κ1) is 25.0. The number of piperazine rings is 1. The van der Waals surface area contributed by atoms with E-state index >= 15 is 0 Å². The molecule has 2 aliphatic heterocycles.